The van der Waals surface area contributed by atoms with Gasteiger partial charge in [0, 0.05) is 12.1 Å². The topological polar surface area (TPSA) is 82.5 Å². The SMILES string of the molecule is C=Cn1nnc2c(N)nc(C3CC3)nc21. The Morgan fingerprint density at radius 2 is 2.20 bits per heavy atom. The molecule has 0 atom stereocenters. The van der Waals surface area contributed by atoms with Gasteiger partial charge in [0.15, 0.2) is 17.0 Å². The highest BCUT2D eigenvalue weighted by molar-refractivity contribution is 5.81. The van der Waals surface area contributed by atoms with Crippen LogP contribution in [0.2, 0.25) is 0 Å². The Kier molecular flexibility index (Phi) is 1.53. The molecule has 0 bridgehead atoms. The van der Waals surface area contributed by atoms with Crippen LogP contribution in [0.4, 0.5) is 5.82 Å². The first-order chi connectivity index (χ1) is 7.29. The fraction of sp³-hybridized carbons (Fsp3) is 0.333. The van der Waals surface area contributed by atoms with E-state index in [1.54, 1.807) is 6.20 Å². The van der Waals surface area contributed by atoms with Gasteiger partial charge in [-0.25, -0.2) is 14.6 Å². The highest BCUT2D eigenvalue weighted by Crippen LogP contribution is 2.38. The third-order valence-corrected chi connectivity index (χ3v) is 2.48. The Balaban J connectivity index is 2.29. The van der Waals surface area contributed by atoms with Gasteiger partial charge in [0.05, 0.1) is 0 Å². The van der Waals surface area contributed by atoms with Crippen molar-refractivity contribution in [2.75, 3.05) is 5.73 Å². The maximum atomic E-state index is 5.79. The highest BCUT2D eigenvalue weighted by Gasteiger charge is 2.28. The van der Waals surface area contributed by atoms with E-state index in [-0.39, 0.29) is 0 Å². The predicted molar refractivity (Wildman–Crippen MR) is 55.9 cm³/mol. The van der Waals surface area contributed by atoms with Crippen LogP contribution in [0, 0.1) is 0 Å². The minimum atomic E-state index is 0.398. The van der Waals surface area contributed by atoms with Crippen molar-refractivity contribution in [3.63, 3.8) is 0 Å². The van der Waals surface area contributed by atoms with Gasteiger partial charge in [-0.3, -0.25) is 0 Å². The normalized spacial score (nSPS) is 15.7. The quantitative estimate of drug-likeness (QED) is 0.778. The summed E-state index contributed by atoms with van der Waals surface area (Å²) >= 11 is 0. The van der Waals surface area contributed by atoms with Crippen molar-refractivity contribution in [3.8, 4) is 0 Å². The molecule has 76 valence electrons. The summed E-state index contributed by atoms with van der Waals surface area (Å²) in [5.41, 5.74) is 6.97. The number of aromatic nitrogens is 5. The molecule has 0 aliphatic heterocycles. The monoisotopic (exact) mass is 202 g/mol. The molecule has 2 aromatic rings. The third-order valence-electron chi connectivity index (χ3n) is 2.48. The fourth-order valence-corrected chi connectivity index (χ4v) is 1.52. The van der Waals surface area contributed by atoms with Crippen LogP contribution in [0.25, 0.3) is 17.4 Å². The van der Waals surface area contributed by atoms with Gasteiger partial charge >= 0.3 is 0 Å². The van der Waals surface area contributed by atoms with E-state index in [1.165, 1.54) is 4.68 Å². The summed E-state index contributed by atoms with van der Waals surface area (Å²) in [5.74, 6) is 1.66. The predicted octanol–water partition coefficient (Wildman–Crippen LogP) is 0.781. The molecule has 2 heterocycles. The first kappa shape index (κ1) is 8.34. The number of nitrogens with zero attached hydrogens (tertiary/aromatic N) is 5. The zero-order chi connectivity index (χ0) is 10.4. The van der Waals surface area contributed by atoms with Crippen LogP contribution in [-0.4, -0.2) is 25.0 Å². The Labute approximate surface area is 85.8 Å². The van der Waals surface area contributed by atoms with Crippen molar-refractivity contribution < 1.29 is 0 Å². The van der Waals surface area contributed by atoms with Crippen LogP contribution < -0.4 is 5.73 Å². The number of anilines is 1. The second-order valence-electron chi connectivity index (χ2n) is 3.63. The van der Waals surface area contributed by atoms with Gasteiger partial charge in [-0.2, -0.15) is 0 Å². The van der Waals surface area contributed by atoms with Gasteiger partial charge in [0.25, 0.3) is 0 Å². The molecule has 6 heteroatoms. The molecule has 0 unspecified atom stereocenters. The van der Waals surface area contributed by atoms with Crippen LogP contribution in [0.1, 0.15) is 24.6 Å². The van der Waals surface area contributed by atoms with Crippen LogP contribution in [-0.2, 0) is 0 Å². The van der Waals surface area contributed by atoms with E-state index in [0.717, 1.165) is 18.7 Å². The molecule has 6 nitrogen and oxygen atoms in total. The summed E-state index contributed by atoms with van der Waals surface area (Å²) in [4.78, 5) is 8.63. The van der Waals surface area contributed by atoms with Gasteiger partial charge in [-0.1, -0.05) is 11.8 Å². The van der Waals surface area contributed by atoms with E-state index in [2.05, 4.69) is 26.9 Å². The maximum Gasteiger partial charge on any atom is 0.188 e. The summed E-state index contributed by atoms with van der Waals surface area (Å²) in [5, 5.41) is 7.76. The number of hydrogen-bond donors (Lipinski definition) is 1. The summed E-state index contributed by atoms with van der Waals surface area (Å²) in [7, 11) is 0. The molecule has 0 saturated heterocycles. The molecule has 0 amide bonds. The maximum absolute atomic E-state index is 5.79. The van der Waals surface area contributed by atoms with E-state index >= 15 is 0 Å². The number of fused-ring (bicyclic) bond motifs is 1. The molecule has 1 aliphatic carbocycles. The minimum absolute atomic E-state index is 0.398. The second kappa shape index (κ2) is 2.75. The van der Waals surface area contributed by atoms with Crippen molar-refractivity contribution >= 4 is 23.2 Å². The van der Waals surface area contributed by atoms with Crippen LogP contribution >= 0.6 is 0 Å². The van der Waals surface area contributed by atoms with Crippen molar-refractivity contribution in [2.24, 2.45) is 0 Å². The molecule has 2 aromatic heterocycles. The standard InChI is InChI=1S/C9H10N6/c1-2-15-9-6(13-14-15)7(10)11-8(12-9)5-3-4-5/h2,5H,1,3-4H2,(H2,10,11,12). The Bertz CT molecular complexity index is 539. The number of rotatable bonds is 2. The van der Waals surface area contributed by atoms with Gasteiger partial charge in [0.1, 0.15) is 5.82 Å². The van der Waals surface area contributed by atoms with Gasteiger partial charge in [-0.05, 0) is 12.8 Å². The lowest BCUT2D eigenvalue weighted by Crippen LogP contribution is -2.01. The molecular weight excluding hydrogens is 192 g/mol. The molecule has 0 radical (unpaired) electrons. The molecule has 2 N–H and O–H groups in total. The Hall–Kier alpha value is -1.98. The van der Waals surface area contributed by atoms with Gasteiger partial charge in [0.2, 0.25) is 0 Å². The third kappa shape index (κ3) is 1.18. The largest absolute Gasteiger partial charge is 0.382 e. The van der Waals surface area contributed by atoms with Crippen molar-refractivity contribution in [2.45, 2.75) is 18.8 Å². The van der Waals surface area contributed by atoms with Crippen LogP contribution in [0.3, 0.4) is 0 Å². The van der Waals surface area contributed by atoms with Crippen molar-refractivity contribution in [1.82, 2.24) is 25.0 Å². The summed E-state index contributed by atoms with van der Waals surface area (Å²) < 4.78 is 1.51. The zero-order valence-corrected chi connectivity index (χ0v) is 8.09. The van der Waals surface area contributed by atoms with Crippen LogP contribution in [0.5, 0.6) is 0 Å². The Morgan fingerprint density at radius 1 is 1.40 bits per heavy atom. The number of nitrogen functional groups attached to an aromatic ring is 1. The lowest BCUT2D eigenvalue weighted by molar-refractivity contribution is 0.850. The molecule has 0 aromatic carbocycles. The molecule has 1 aliphatic rings. The van der Waals surface area contributed by atoms with E-state index in [4.69, 9.17) is 5.73 Å². The molecular formula is C9H10N6. The Morgan fingerprint density at radius 3 is 2.87 bits per heavy atom. The average Bonchev–Trinajstić information content (AvgIpc) is 2.99. The van der Waals surface area contributed by atoms with Gasteiger partial charge in [-0.15, -0.1) is 5.10 Å². The summed E-state index contributed by atoms with van der Waals surface area (Å²) in [6.45, 7) is 3.63. The smallest absolute Gasteiger partial charge is 0.188 e. The van der Waals surface area contributed by atoms with Crippen molar-refractivity contribution in [1.29, 1.82) is 0 Å². The molecule has 1 fully saturated rings. The summed E-state index contributed by atoms with van der Waals surface area (Å²) in [6, 6.07) is 0. The molecule has 1 saturated carbocycles. The first-order valence-electron chi connectivity index (χ1n) is 4.80. The minimum Gasteiger partial charge on any atom is -0.382 e. The lowest BCUT2D eigenvalue weighted by Gasteiger charge is -1.99. The fourth-order valence-electron chi connectivity index (χ4n) is 1.52. The van der Waals surface area contributed by atoms with E-state index in [9.17, 15) is 0 Å². The second-order valence-corrected chi connectivity index (χ2v) is 3.63. The van der Waals surface area contributed by atoms with E-state index < -0.39 is 0 Å². The van der Waals surface area contributed by atoms with Gasteiger partial charge < -0.3 is 5.73 Å². The number of nitrogens with two attached hydrogens (primary N) is 1. The highest BCUT2D eigenvalue weighted by atomic mass is 15.4. The first-order valence-corrected chi connectivity index (χ1v) is 4.80. The van der Waals surface area contributed by atoms with Crippen molar-refractivity contribution in [3.05, 3.63) is 12.4 Å². The summed E-state index contributed by atoms with van der Waals surface area (Å²) in [6.07, 6.45) is 3.83. The lowest BCUT2D eigenvalue weighted by atomic mass is 10.3. The van der Waals surface area contributed by atoms with E-state index in [0.29, 0.717) is 22.9 Å². The zero-order valence-electron chi connectivity index (χ0n) is 8.09. The molecule has 0 spiro atoms. The number of hydrogen-bond acceptors (Lipinski definition) is 5. The van der Waals surface area contributed by atoms with E-state index in [1.807, 2.05) is 0 Å². The molecule has 15 heavy (non-hydrogen) atoms. The average molecular weight is 202 g/mol. The van der Waals surface area contributed by atoms with Crippen LogP contribution in [0.15, 0.2) is 6.58 Å². The molecule has 3 rings (SSSR count).